The number of benzene rings is 1. The van der Waals surface area contributed by atoms with Gasteiger partial charge in [-0.1, -0.05) is 24.3 Å². The van der Waals surface area contributed by atoms with Crippen LogP contribution in [0.4, 0.5) is 0 Å². The van der Waals surface area contributed by atoms with E-state index < -0.39 is 0 Å². The topological polar surface area (TPSA) is 33.2 Å². The maximum absolute atomic E-state index is 13.4. The molecule has 0 saturated carbocycles. The van der Waals surface area contributed by atoms with Gasteiger partial charge in [0, 0.05) is 23.9 Å². The molecule has 1 aromatic carbocycles. The van der Waals surface area contributed by atoms with Crippen LogP contribution in [0, 0.1) is 5.92 Å². The molecular formula is C21H20N2OS2. The zero-order valence-electron chi connectivity index (χ0n) is 14.4. The van der Waals surface area contributed by atoms with E-state index in [0.717, 1.165) is 42.9 Å². The summed E-state index contributed by atoms with van der Waals surface area (Å²) in [7, 11) is 0. The van der Waals surface area contributed by atoms with Crippen molar-refractivity contribution in [3.8, 4) is 0 Å². The Bertz CT molecular complexity index is 954. The van der Waals surface area contributed by atoms with Crippen LogP contribution in [0.15, 0.2) is 47.9 Å². The Labute approximate surface area is 161 Å². The van der Waals surface area contributed by atoms with Crippen LogP contribution in [0.3, 0.4) is 0 Å². The van der Waals surface area contributed by atoms with Crippen molar-refractivity contribution < 1.29 is 4.79 Å². The third kappa shape index (κ3) is 2.79. The Morgan fingerprint density at radius 3 is 2.96 bits per heavy atom. The third-order valence-electron chi connectivity index (χ3n) is 5.50. The van der Waals surface area contributed by atoms with Gasteiger partial charge in [0.1, 0.15) is 0 Å². The molecule has 0 unspecified atom stereocenters. The first-order valence-corrected chi connectivity index (χ1v) is 10.8. The van der Waals surface area contributed by atoms with Gasteiger partial charge >= 0.3 is 0 Å². The molecule has 5 rings (SSSR count). The number of carbonyl (C=O) groups is 1. The van der Waals surface area contributed by atoms with Crippen LogP contribution in [-0.4, -0.2) is 22.3 Å². The van der Waals surface area contributed by atoms with Gasteiger partial charge in [0.25, 0.3) is 0 Å². The summed E-state index contributed by atoms with van der Waals surface area (Å²) in [5, 5.41) is 3.26. The van der Waals surface area contributed by atoms with E-state index in [9.17, 15) is 4.79 Å². The molecule has 2 aliphatic rings. The van der Waals surface area contributed by atoms with Crippen molar-refractivity contribution in [1.29, 1.82) is 0 Å². The molecular weight excluding hydrogens is 360 g/mol. The van der Waals surface area contributed by atoms with Crippen molar-refractivity contribution in [2.24, 2.45) is 5.92 Å². The Hall–Kier alpha value is -1.98. The number of carbonyl (C=O) groups excluding carboxylic acids is 1. The van der Waals surface area contributed by atoms with E-state index in [2.05, 4.69) is 46.7 Å². The average molecular weight is 381 g/mol. The van der Waals surface area contributed by atoms with Crippen LogP contribution in [0.5, 0.6) is 0 Å². The van der Waals surface area contributed by atoms with Gasteiger partial charge in [-0.15, -0.1) is 22.7 Å². The number of hydrogen-bond donors (Lipinski definition) is 0. The van der Waals surface area contributed by atoms with E-state index >= 15 is 0 Å². The van der Waals surface area contributed by atoms with E-state index in [1.807, 2.05) is 17.4 Å². The second kappa shape index (κ2) is 6.63. The molecule has 3 nitrogen and oxygen atoms in total. The molecule has 0 saturated heterocycles. The van der Waals surface area contributed by atoms with E-state index in [0.29, 0.717) is 5.91 Å². The van der Waals surface area contributed by atoms with Crippen LogP contribution < -0.4 is 0 Å². The highest BCUT2D eigenvalue weighted by atomic mass is 32.1. The molecule has 1 amide bonds. The molecule has 132 valence electrons. The van der Waals surface area contributed by atoms with Gasteiger partial charge < -0.3 is 4.90 Å². The summed E-state index contributed by atoms with van der Waals surface area (Å²) in [4.78, 5) is 21.7. The number of fused-ring (bicyclic) bond motifs is 2. The maximum atomic E-state index is 13.4. The van der Waals surface area contributed by atoms with Gasteiger partial charge in [-0.05, 0) is 48.4 Å². The summed E-state index contributed by atoms with van der Waals surface area (Å²) in [6.07, 6.45) is 7.12. The van der Waals surface area contributed by atoms with Gasteiger partial charge in [0.05, 0.1) is 21.1 Å². The van der Waals surface area contributed by atoms with Crippen LogP contribution >= 0.6 is 22.7 Å². The number of para-hydroxylation sites is 1. The Balaban J connectivity index is 1.43. The van der Waals surface area contributed by atoms with Crippen LogP contribution in [0.2, 0.25) is 0 Å². The predicted molar refractivity (Wildman–Crippen MR) is 108 cm³/mol. The highest BCUT2D eigenvalue weighted by Crippen LogP contribution is 2.40. The van der Waals surface area contributed by atoms with Gasteiger partial charge in [-0.3, -0.25) is 4.79 Å². The summed E-state index contributed by atoms with van der Waals surface area (Å²) in [5.74, 6) is 0.518. The van der Waals surface area contributed by atoms with Crippen LogP contribution in [0.1, 0.15) is 34.2 Å². The maximum Gasteiger partial charge on any atom is 0.227 e. The first kappa shape index (κ1) is 16.2. The summed E-state index contributed by atoms with van der Waals surface area (Å²) < 4.78 is 1.21. The number of aromatic nitrogens is 1. The Morgan fingerprint density at radius 1 is 1.15 bits per heavy atom. The summed E-state index contributed by atoms with van der Waals surface area (Å²) in [6.45, 7) is 1.61. The minimum Gasteiger partial charge on any atom is -0.338 e. The SMILES string of the molecule is O=C([C@H]1CC=CC[C@H]1c1nc2ccccc2s1)N1CCc2sccc2C1. The molecule has 5 heteroatoms. The van der Waals surface area contributed by atoms with Gasteiger partial charge in [0.2, 0.25) is 5.91 Å². The first-order valence-electron chi connectivity index (χ1n) is 9.14. The smallest absolute Gasteiger partial charge is 0.227 e. The lowest BCUT2D eigenvalue weighted by Gasteiger charge is -2.34. The monoisotopic (exact) mass is 380 g/mol. The fourth-order valence-electron chi connectivity index (χ4n) is 4.08. The second-order valence-corrected chi connectivity index (χ2v) is 9.12. The molecule has 26 heavy (non-hydrogen) atoms. The van der Waals surface area contributed by atoms with Crippen molar-refractivity contribution in [2.45, 2.75) is 31.7 Å². The second-order valence-electron chi connectivity index (χ2n) is 7.05. The zero-order chi connectivity index (χ0) is 17.5. The lowest BCUT2D eigenvalue weighted by atomic mass is 9.82. The lowest BCUT2D eigenvalue weighted by Crippen LogP contribution is -2.41. The number of thiazole rings is 1. The molecule has 1 aliphatic carbocycles. The third-order valence-corrected chi connectivity index (χ3v) is 7.69. The highest BCUT2D eigenvalue weighted by Gasteiger charge is 2.35. The quantitative estimate of drug-likeness (QED) is 0.587. The van der Waals surface area contributed by atoms with Crippen molar-refractivity contribution in [3.63, 3.8) is 0 Å². The minimum absolute atomic E-state index is 0.0146. The van der Waals surface area contributed by atoms with Crippen LogP contribution in [0.25, 0.3) is 10.2 Å². The largest absolute Gasteiger partial charge is 0.338 e. The molecule has 0 spiro atoms. The van der Waals surface area contributed by atoms with Gasteiger partial charge in [-0.25, -0.2) is 4.98 Å². The van der Waals surface area contributed by atoms with Crippen molar-refractivity contribution in [2.75, 3.05) is 6.54 Å². The van der Waals surface area contributed by atoms with Crippen molar-refractivity contribution >= 4 is 38.8 Å². The fraction of sp³-hybridized carbons (Fsp3) is 0.333. The average Bonchev–Trinajstić information content (AvgIpc) is 3.33. The molecule has 2 atom stereocenters. The number of allylic oxidation sites excluding steroid dienone is 2. The van der Waals surface area contributed by atoms with Gasteiger partial charge in [-0.2, -0.15) is 0 Å². The highest BCUT2D eigenvalue weighted by molar-refractivity contribution is 7.18. The molecule has 2 aromatic heterocycles. The van der Waals surface area contributed by atoms with E-state index in [1.54, 1.807) is 11.3 Å². The molecule has 1 aliphatic heterocycles. The lowest BCUT2D eigenvalue weighted by molar-refractivity contribution is -0.137. The van der Waals surface area contributed by atoms with Crippen molar-refractivity contribution in [1.82, 2.24) is 9.88 Å². The first-order chi connectivity index (χ1) is 12.8. The van der Waals surface area contributed by atoms with Crippen LogP contribution in [-0.2, 0) is 17.8 Å². The number of amides is 1. The standard InChI is InChI=1S/C21H20N2OS2/c24-21(23-11-9-18-14(13-23)10-12-25-18)16-6-2-1-5-15(16)20-22-17-7-3-4-8-19(17)26-20/h1-4,7-8,10,12,15-16H,5-6,9,11,13H2/t15-,16+/m1/s1. The number of thiophene rings is 1. The molecule has 3 aromatic rings. The summed E-state index contributed by atoms with van der Waals surface area (Å²) in [6, 6.07) is 10.4. The van der Waals surface area contributed by atoms with E-state index in [-0.39, 0.29) is 11.8 Å². The molecule has 0 N–H and O–H groups in total. The number of nitrogens with zero attached hydrogens (tertiary/aromatic N) is 2. The molecule has 0 fully saturated rings. The zero-order valence-corrected chi connectivity index (χ0v) is 16.1. The molecule has 3 heterocycles. The Morgan fingerprint density at radius 2 is 2.04 bits per heavy atom. The normalized spacial score (nSPS) is 22.5. The molecule has 0 bridgehead atoms. The minimum atomic E-state index is 0.0146. The van der Waals surface area contributed by atoms with Crippen molar-refractivity contribution in [3.05, 3.63) is 63.3 Å². The summed E-state index contributed by atoms with van der Waals surface area (Å²) >= 11 is 3.56. The number of rotatable bonds is 2. The molecule has 0 radical (unpaired) electrons. The number of hydrogen-bond acceptors (Lipinski definition) is 4. The fourth-order valence-corrected chi connectivity index (χ4v) is 6.12. The Kier molecular flexibility index (Phi) is 4.14. The van der Waals surface area contributed by atoms with E-state index in [4.69, 9.17) is 4.98 Å². The van der Waals surface area contributed by atoms with E-state index in [1.165, 1.54) is 15.1 Å². The summed E-state index contributed by atoms with van der Waals surface area (Å²) in [5.41, 5.74) is 2.38. The predicted octanol–water partition coefficient (Wildman–Crippen LogP) is 4.99. The van der Waals surface area contributed by atoms with Gasteiger partial charge in [0.15, 0.2) is 0 Å².